The molecular formula is C18H39F3N6O3P6. The van der Waals surface area contributed by atoms with Crippen LogP contribution < -0.4 is 4.74 Å². The molecule has 3 aromatic rings. The summed E-state index contributed by atoms with van der Waals surface area (Å²) in [5, 5.41) is 0. The van der Waals surface area contributed by atoms with Crippen LogP contribution in [0.15, 0.2) is 24.3 Å². The molecule has 0 unspecified atom stereocenters. The van der Waals surface area contributed by atoms with Crippen molar-refractivity contribution in [1.82, 2.24) is 27.1 Å². The second-order valence-corrected chi connectivity index (χ2v) is 9.36. The topological polar surface area (TPSA) is 105 Å². The molecule has 18 heteroatoms. The monoisotopic (exact) mass is 630 g/mol. The normalized spacial score (nSPS) is 9.28. The Labute approximate surface area is 225 Å². The highest BCUT2D eigenvalue weighted by molar-refractivity contribution is 7.44. The molecule has 2 heterocycles. The summed E-state index contributed by atoms with van der Waals surface area (Å²) in [5.74, 6) is 0.213. The maximum Gasteiger partial charge on any atom is 0.416 e. The van der Waals surface area contributed by atoms with E-state index >= 15 is 0 Å². The van der Waals surface area contributed by atoms with Crippen molar-refractivity contribution in [3.05, 3.63) is 29.8 Å². The van der Waals surface area contributed by atoms with E-state index in [2.05, 4.69) is 41.3 Å². The van der Waals surface area contributed by atoms with Crippen molar-refractivity contribution in [2.24, 2.45) is 0 Å². The second-order valence-electron chi connectivity index (χ2n) is 4.00. The van der Waals surface area contributed by atoms with E-state index < -0.39 is 11.7 Å². The molecule has 0 fully saturated rings. The van der Waals surface area contributed by atoms with Crippen molar-refractivity contribution in [2.75, 3.05) is 28.1 Å². The molecule has 0 saturated heterocycles. The molecule has 36 heavy (non-hydrogen) atoms. The fourth-order valence-electron chi connectivity index (χ4n) is 1.13. The lowest BCUT2D eigenvalue weighted by molar-refractivity contribution is -0.137. The lowest BCUT2D eigenvalue weighted by Crippen LogP contribution is -2.04. The summed E-state index contributed by atoms with van der Waals surface area (Å²) in [6.45, 7) is 8.39. The smallest absolute Gasteiger partial charge is 0.416 e. The van der Waals surface area contributed by atoms with Gasteiger partial charge in [-0.3, -0.25) is 0 Å². The first kappa shape index (κ1) is 48.4. The standard InChI is InChI=1S/C8H7F3O.C3H8O2.2C2H6.3CH4.2N3P3/c1-12-7-4-2-3-6(5-7)8(9,10)11;1-4-3-5-2;2*1-2;;;;2*1-4-2-6-3-5-1/h2-5H,1H3;3H2,1-2H3;2*1-2H3;3*1H4;;. The van der Waals surface area contributed by atoms with Crippen LogP contribution in [0.4, 0.5) is 13.2 Å². The summed E-state index contributed by atoms with van der Waals surface area (Å²) in [5.41, 5.74) is -0.693. The van der Waals surface area contributed by atoms with Crippen LogP contribution in [-0.2, 0) is 15.7 Å². The minimum absolute atomic E-state index is 0. The predicted molar refractivity (Wildman–Crippen MR) is 155 cm³/mol. The summed E-state index contributed by atoms with van der Waals surface area (Å²) >= 11 is 0. The third-order valence-corrected chi connectivity index (χ3v) is 5.95. The van der Waals surface area contributed by atoms with Gasteiger partial charge in [-0.15, -0.1) is 0 Å². The highest BCUT2D eigenvalue weighted by atomic mass is 31.1. The summed E-state index contributed by atoms with van der Waals surface area (Å²) < 4.78 is 72.4. The van der Waals surface area contributed by atoms with E-state index in [0.29, 0.717) is 6.79 Å². The number of alkyl halides is 3. The van der Waals surface area contributed by atoms with Crippen LogP contribution in [0.2, 0.25) is 0 Å². The van der Waals surface area contributed by atoms with Crippen molar-refractivity contribution in [3.8, 4) is 5.75 Å². The van der Waals surface area contributed by atoms with Gasteiger partial charge in [0, 0.05) is 14.2 Å². The Morgan fingerprint density at radius 2 is 1.00 bits per heavy atom. The van der Waals surface area contributed by atoms with Crippen LogP contribution in [0.1, 0.15) is 55.5 Å². The van der Waals surface area contributed by atoms with Crippen LogP contribution in [0.3, 0.4) is 0 Å². The molecule has 9 nitrogen and oxygen atoms in total. The third-order valence-electron chi connectivity index (χ3n) is 2.11. The predicted octanol–water partition coefficient (Wildman–Crippen LogP) is 10.1. The van der Waals surface area contributed by atoms with E-state index in [0.717, 1.165) is 63.2 Å². The van der Waals surface area contributed by atoms with E-state index in [4.69, 9.17) is 0 Å². The molecule has 0 bridgehead atoms. The zero-order valence-electron chi connectivity index (χ0n) is 19.2. The molecule has 0 atom stereocenters. The fourth-order valence-corrected chi connectivity index (χ4v) is 4.78. The minimum atomic E-state index is -4.30. The first-order chi connectivity index (χ1) is 16.0. The zero-order chi connectivity index (χ0) is 25.8. The van der Waals surface area contributed by atoms with Gasteiger partial charge in [0.05, 0.1) is 12.7 Å². The van der Waals surface area contributed by atoms with Gasteiger partial charge in [0.2, 0.25) is 0 Å². The molecule has 210 valence electrons. The number of nitrogens with zero attached hydrogens (tertiary/aromatic N) is 6. The number of methoxy groups -OCH3 is 3. The molecule has 0 aliphatic rings. The molecule has 1 aromatic carbocycles. The molecule has 0 aliphatic heterocycles. The molecular weight excluding hydrogens is 591 g/mol. The van der Waals surface area contributed by atoms with Crippen molar-refractivity contribution < 1.29 is 27.4 Å². The number of rotatable bonds is 3. The van der Waals surface area contributed by atoms with Gasteiger partial charge in [0.1, 0.15) is 12.5 Å². The lowest BCUT2D eigenvalue weighted by atomic mass is 10.2. The Morgan fingerprint density at radius 3 is 1.19 bits per heavy atom. The maximum atomic E-state index is 12.0. The lowest BCUT2D eigenvalue weighted by Gasteiger charge is -2.07. The van der Waals surface area contributed by atoms with E-state index in [9.17, 15) is 13.2 Å². The number of hydrogen-bond acceptors (Lipinski definition) is 9. The second kappa shape index (κ2) is 38.9. The third kappa shape index (κ3) is 35.5. The number of benzene rings is 1. The number of aromatic nitrogens is 6. The summed E-state index contributed by atoms with van der Waals surface area (Å²) in [6, 6.07) is 4.74. The van der Waals surface area contributed by atoms with Crippen molar-refractivity contribution >= 4 is 51.1 Å². The number of halogens is 3. The molecule has 0 saturated carbocycles. The van der Waals surface area contributed by atoms with E-state index in [1.807, 2.05) is 27.7 Å². The average molecular weight is 630 g/mol. The fraction of sp³-hybridized carbons (Fsp3) is 0.667. The van der Waals surface area contributed by atoms with Gasteiger partial charge < -0.3 is 14.2 Å². The highest BCUT2D eigenvalue weighted by Gasteiger charge is 2.30. The van der Waals surface area contributed by atoms with Crippen LogP contribution in [0.25, 0.3) is 0 Å². The molecule has 0 spiro atoms. The number of hydrogen-bond donors (Lipinski definition) is 0. The SMILES string of the molecule is C.C.C.CC.CC.COCOC.COc1cccc(C(F)(F)F)c1.n1pnpnp1.n1pnpnp1. The quantitative estimate of drug-likeness (QED) is 0.261. The van der Waals surface area contributed by atoms with Crippen molar-refractivity contribution in [1.29, 1.82) is 0 Å². The maximum absolute atomic E-state index is 12.0. The number of ether oxygens (including phenoxy) is 3. The van der Waals surface area contributed by atoms with Crippen molar-refractivity contribution in [3.63, 3.8) is 0 Å². The van der Waals surface area contributed by atoms with E-state index in [-0.39, 0.29) is 28.0 Å². The van der Waals surface area contributed by atoms with Gasteiger partial charge in [0.25, 0.3) is 0 Å². The van der Waals surface area contributed by atoms with Gasteiger partial charge in [-0.1, -0.05) is 56.0 Å². The van der Waals surface area contributed by atoms with Crippen LogP contribution in [-0.4, -0.2) is 55.2 Å². The van der Waals surface area contributed by atoms with Crippen LogP contribution in [0, 0.1) is 0 Å². The first-order valence-corrected chi connectivity index (χ1v) is 13.8. The summed E-state index contributed by atoms with van der Waals surface area (Å²) in [6.07, 6.45) is -4.30. The average Bonchev–Trinajstić information content (AvgIpc) is 2.90. The van der Waals surface area contributed by atoms with Gasteiger partial charge in [-0.05, 0) is 18.2 Å². The van der Waals surface area contributed by atoms with Gasteiger partial charge in [0.15, 0.2) is 51.1 Å². The Hall–Kier alpha value is -0.670. The first-order valence-electron chi connectivity index (χ1n) is 9.04. The molecule has 0 amide bonds. The molecule has 0 N–H and O–H groups in total. The highest BCUT2D eigenvalue weighted by Crippen LogP contribution is 2.30. The van der Waals surface area contributed by atoms with Crippen LogP contribution in [0.5, 0.6) is 5.75 Å². The summed E-state index contributed by atoms with van der Waals surface area (Å²) in [7, 11) is 9.48. The molecule has 0 radical (unpaired) electrons. The van der Waals surface area contributed by atoms with Gasteiger partial charge in [-0.25, -0.2) is 0 Å². The van der Waals surface area contributed by atoms with E-state index in [1.165, 1.54) is 19.2 Å². The van der Waals surface area contributed by atoms with Crippen molar-refractivity contribution in [2.45, 2.75) is 56.2 Å². The Kier molecular flexibility index (Phi) is 52.2. The van der Waals surface area contributed by atoms with E-state index in [1.54, 1.807) is 14.2 Å². The summed E-state index contributed by atoms with van der Waals surface area (Å²) in [4.78, 5) is 0. The van der Waals surface area contributed by atoms with Gasteiger partial charge in [-0.2, -0.15) is 40.2 Å². The Morgan fingerprint density at radius 1 is 0.667 bits per heavy atom. The largest absolute Gasteiger partial charge is 0.497 e. The molecule has 0 aliphatic carbocycles. The Bertz CT molecular complexity index is 662. The van der Waals surface area contributed by atoms with Gasteiger partial charge >= 0.3 is 6.18 Å². The van der Waals surface area contributed by atoms with Crippen LogP contribution >= 0.6 is 51.1 Å². The molecule has 3 rings (SSSR count). The molecule has 2 aromatic heterocycles. The minimum Gasteiger partial charge on any atom is -0.497 e. The Balaban J connectivity index is -0.0000000816. The zero-order valence-corrected chi connectivity index (χ0v) is 24.6.